The molecule has 0 aliphatic rings. The summed E-state index contributed by atoms with van der Waals surface area (Å²) in [7, 11) is 0. The topological polar surface area (TPSA) is 58.2 Å². The summed E-state index contributed by atoms with van der Waals surface area (Å²) in [6.45, 7) is 6.00. The third-order valence-electron chi connectivity index (χ3n) is 3.48. The maximum absolute atomic E-state index is 12.2. The van der Waals surface area contributed by atoms with Crippen molar-refractivity contribution in [3.05, 3.63) is 77.9 Å². The Bertz CT molecular complexity index is 742. The summed E-state index contributed by atoms with van der Waals surface area (Å²) in [6, 6.07) is 15.2. The molecule has 0 aliphatic heterocycles. The molecule has 0 saturated heterocycles. The quantitative estimate of drug-likeness (QED) is 0.709. The summed E-state index contributed by atoms with van der Waals surface area (Å²) in [4.78, 5) is 24.3. The zero-order valence-corrected chi connectivity index (χ0v) is 15.1. The Hall–Kier alpha value is -2.53. The van der Waals surface area contributed by atoms with Gasteiger partial charge in [-0.05, 0) is 24.6 Å². The van der Waals surface area contributed by atoms with Crippen LogP contribution in [0.2, 0.25) is 0 Å². The molecule has 130 valence electrons. The minimum absolute atomic E-state index is 0.124. The maximum Gasteiger partial charge on any atom is 0.253 e. The fraction of sp³-hybridized carbons (Fsp3) is 0.200. The van der Waals surface area contributed by atoms with E-state index in [1.807, 2.05) is 6.92 Å². The van der Waals surface area contributed by atoms with Gasteiger partial charge in [-0.3, -0.25) is 9.59 Å². The van der Waals surface area contributed by atoms with Gasteiger partial charge in [-0.1, -0.05) is 48.0 Å². The standard InChI is InChI=1S/C20H22N2O2S/c1-3-12-21-20(24)17-6-4-5-7-18(17)22-19(23)14-25-13-16-10-8-15(2)9-11-16/h3-11H,1,12-14H2,2H3,(H,21,24)(H,22,23). The molecular formula is C20H22N2O2S. The average Bonchev–Trinajstić information content (AvgIpc) is 2.62. The average molecular weight is 354 g/mol. The summed E-state index contributed by atoms with van der Waals surface area (Å²) < 4.78 is 0. The molecule has 4 nitrogen and oxygen atoms in total. The molecule has 0 heterocycles. The lowest BCUT2D eigenvalue weighted by Gasteiger charge is -2.11. The number of para-hydroxylation sites is 1. The van der Waals surface area contributed by atoms with Crippen LogP contribution in [0.4, 0.5) is 5.69 Å². The van der Waals surface area contributed by atoms with Gasteiger partial charge < -0.3 is 10.6 Å². The van der Waals surface area contributed by atoms with Gasteiger partial charge in [0.05, 0.1) is 17.0 Å². The van der Waals surface area contributed by atoms with Crippen LogP contribution in [0.1, 0.15) is 21.5 Å². The number of aryl methyl sites for hydroxylation is 1. The molecule has 0 bridgehead atoms. The number of benzene rings is 2. The molecule has 0 fully saturated rings. The van der Waals surface area contributed by atoms with Crippen molar-refractivity contribution < 1.29 is 9.59 Å². The highest BCUT2D eigenvalue weighted by Crippen LogP contribution is 2.17. The molecule has 2 amide bonds. The van der Waals surface area contributed by atoms with Crippen LogP contribution in [0.3, 0.4) is 0 Å². The van der Waals surface area contributed by atoms with Gasteiger partial charge >= 0.3 is 0 Å². The molecule has 0 unspecified atom stereocenters. The van der Waals surface area contributed by atoms with Crippen LogP contribution in [0.15, 0.2) is 61.2 Å². The van der Waals surface area contributed by atoms with Crippen molar-refractivity contribution >= 4 is 29.3 Å². The third kappa shape index (κ3) is 6.12. The Morgan fingerprint density at radius 3 is 2.56 bits per heavy atom. The van der Waals surface area contributed by atoms with Crippen molar-refractivity contribution in [3.8, 4) is 0 Å². The zero-order valence-electron chi connectivity index (χ0n) is 14.2. The molecule has 0 saturated carbocycles. The molecule has 0 aliphatic carbocycles. The summed E-state index contributed by atoms with van der Waals surface area (Å²) >= 11 is 1.54. The minimum atomic E-state index is -0.233. The van der Waals surface area contributed by atoms with Crippen LogP contribution >= 0.6 is 11.8 Å². The Morgan fingerprint density at radius 1 is 1.12 bits per heavy atom. The highest BCUT2D eigenvalue weighted by molar-refractivity contribution is 7.99. The maximum atomic E-state index is 12.2. The van der Waals surface area contributed by atoms with E-state index in [-0.39, 0.29) is 11.8 Å². The lowest BCUT2D eigenvalue weighted by atomic mass is 10.1. The Kier molecular flexibility index (Phi) is 7.29. The molecule has 5 heteroatoms. The number of amides is 2. The second kappa shape index (κ2) is 9.69. The van der Waals surface area contributed by atoms with E-state index in [9.17, 15) is 9.59 Å². The lowest BCUT2D eigenvalue weighted by Crippen LogP contribution is -2.25. The number of hydrogen-bond donors (Lipinski definition) is 2. The Morgan fingerprint density at radius 2 is 1.84 bits per heavy atom. The molecule has 2 N–H and O–H groups in total. The van der Waals surface area contributed by atoms with E-state index in [1.54, 1.807) is 42.1 Å². The summed E-state index contributed by atoms with van der Waals surface area (Å²) in [5, 5.41) is 5.53. The van der Waals surface area contributed by atoms with E-state index in [1.165, 1.54) is 11.1 Å². The number of carbonyl (C=O) groups is 2. The fourth-order valence-corrected chi connectivity index (χ4v) is 2.97. The van der Waals surface area contributed by atoms with Gasteiger partial charge in [-0.25, -0.2) is 0 Å². The van der Waals surface area contributed by atoms with Crippen molar-refractivity contribution in [3.63, 3.8) is 0 Å². The van der Waals surface area contributed by atoms with Crippen LogP contribution in [-0.4, -0.2) is 24.1 Å². The van der Waals surface area contributed by atoms with Crippen LogP contribution in [-0.2, 0) is 10.5 Å². The van der Waals surface area contributed by atoms with E-state index >= 15 is 0 Å². The van der Waals surface area contributed by atoms with Gasteiger partial charge in [-0.2, -0.15) is 0 Å². The first-order valence-electron chi connectivity index (χ1n) is 8.01. The fourth-order valence-electron chi connectivity index (χ4n) is 2.18. The van der Waals surface area contributed by atoms with Crippen LogP contribution < -0.4 is 10.6 Å². The number of hydrogen-bond acceptors (Lipinski definition) is 3. The molecule has 2 aromatic rings. The molecule has 0 atom stereocenters. The largest absolute Gasteiger partial charge is 0.349 e. The van der Waals surface area contributed by atoms with Gasteiger partial charge in [0.1, 0.15) is 0 Å². The van der Waals surface area contributed by atoms with Gasteiger partial charge in [0, 0.05) is 12.3 Å². The third-order valence-corrected chi connectivity index (χ3v) is 4.48. The molecular weight excluding hydrogens is 332 g/mol. The minimum Gasteiger partial charge on any atom is -0.349 e. The molecule has 0 spiro atoms. The second-order valence-electron chi connectivity index (χ2n) is 5.57. The highest BCUT2D eigenvalue weighted by atomic mass is 32.2. The number of thioether (sulfide) groups is 1. The van der Waals surface area contributed by atoms with E-state index in [0.29, 0.717) is 23.5 Å². The number of nitrogens with one attached hydrogen (secondary N) is 2. The predicted molar refractivity (Wildman–Crippen MR) is 105 cm³/mol. The van der Waals surface area contributed by atoms with Crippen LogP contribution in [0.5, 0.6) is 0 Å². The molecule has 2 aromatic carbocycles. The zero-order chi connectivity index (χ0) is 18.1. The van der Waals surface area contributed by atoms with Gasteiger partial charge in [0.25, 0.3) is 5.91 Å². The smallest absolute Gasteiger partial charge is 0.253 e. The normalized spacial score (nSPS) is 10.1. The predicted octanol–water partition coefficient (Wildman–Crippen LogP) is 3.78. The van der Waals surface area contributed by atoms with Gasteiger partial charge in [0.2, 0.25) is 5.91 Å². The summed E-state index contributed by atoms with van der Waals surface area (Å²) in [5.74, 6) is 0.746. The first kappa shape index (κ1) is 18.8. The summed E-state index contributed by atoms with van der Waals surface area (Å²) in [5.41, 5.74) is 3.37. The van der Waals surface area contributed by atoms with Crippen molar-refractivity contribution in [2.24, 2.45) is 0 Å². The monoisotopic (exact) mass is 354 g/mol. The van der Waals surface area contributed by atoms with Crippen molar-refractivity contribution in [1.82, 2.24) is 5.32 Å². The number of anilines is 1. The second-order valence-corrected chi connectivity index (χ2v) is 6.56. The highest BCUT2D eigenvalue weighted by Gasteiger charge is 2.12. The van der Waals surface area contributed by atoms with Gasteiger partial charge in [-0.15, -0.1) is 18.3 Å². The Labute approximate surface area is 152 Å². The molecule has 0 radical (unpaired) electrons. The van der Waals surface area contributed by atoms with Crippen molar-refractivity contribution in [2.45, 2.75) is 12.7 Å². The first-order chi connectivity index (χ1) is 12.1. The molecule has 25 heavy (non-hydrogen) atoms. The van der Waals surface area contributed by atoms with Crippen molar-refractivity contribution in [1.29, 1.82) is 0 Å². The summed E-state index contributed by atoms with van der Waals surface area (Å²) in [6.07, 6.45) is 1.61. The number of rotatable bonds is 8. The van der Waals surface area contributed by atoms with Gasteiger partial charge in [0.15, 0.2) is 0 Å². The van der Waals surface area contributed by atoms with Crippen LogP contribution in [0.25, 0.3) is 0 Å². The first-order valence-corrected chi connectivity index (χ1v) is 9.17. The van der Waals surface area contributed by atoms with Crippen molar-refractivity contribution in [2.75, 3.05) is 17.6 Å². The number of carbonyl (C=O) groups excluding carboxylic acids is 2. The SMILES string of the molecule is C=CCNC(=O)c1ccccc1NC(=O)CSCc1ccc(C)cc1. The molecule has 2 rings (SSSR count). The van der Waals surface area contributed by atoms with E-state index in [4.69, 9.17) is 0 Å². The lowest BCUT2D eigenvalue weighted by molar-refractivity contribution is -0.113. The molecule has 0 aromatic heterocycles. The van der Waals surface area contributed by atoms with E-state index in [2.05, 4.69) is 41.5 Å². The van der Waals surface area contributed by atoms with E-state index < -0.39 is 0 Å². The van der Waals surface area contributed by atoms with E-state index in [0.717, 1.165) is 5.75 Å². The van der Waals surface area contributed by atoms with Crippen LogP contribution in [0, 0.1) is 6.92 Å². The Balaban J connectivity index is 1.88.